The third kappa shape index (κ3) is 4.48. The molecule has 1 aromatic rings. The minimum absolute atomic E-state index is 0.0798. The highest BCUT2D eigenvalue weighted by atomic mass is 16.5. The van der Waals surface area contributed by atoms with Crippen molar-refractivity contribution < 1.29 is 29.3 Å². The van der Waals surface area contributed by atoms with Gasteiger partial charge in [-0.2, -0.15) is 0 Å². The van der Waals surface area contributed by atoms with Gasteiger partial charge in [-0.15, -0.1) is 6.58 Å². The van der Waals surface area contributed by atoms with Crippen LogP contribution < -0.4 is 0 Å². The van der Waals surface area contributed by atoms with E-state index >= 15 is 0 Å². The molecule has 3 aliphatic rings. The lowest BCUT2D eigenvalue weighted by atomic mass is 9.70. The number of fused-ring (bicyclic) bond motifs is 1. The molecule has 3 saturated heterocycles. The number of carbonyl (C=O) groups is 3. The fourth-order valence-electron chi connectivity index (χ4n) is 7.32. The van der Waals surface area contributed by atoms with Gasteiger partial charge >= 0.3 is 5.97 Å². The van der Waals surface area contributed by atoms with E-state index < -0.39 is 59.6 Å². The highest BCUT2D eigenvalue weighted by Gasteiger charge is 2.75. The summed E-state index contributed by atoms with van der Waals surface area (Å²) in [7, 11) is 0. The van der Waals surface area contributed by atoms with E-state index in [2.05, 4.69) is 27.4 Å². The molecule has 0 aromatic heterocycles. The molecule has 2 unspecified atom stereocenters. The number of aliphatic carboxylic acids is 1. The summed E-state index contributed by atoms with van der Waals surface area (Å²) in [6.07, 6.45) is 2.65. The van der Waals surface area contributed by atoms with Crippen LogP contribution in [0.25, 0.3) is 0 Å². The van der Waals surface area contributed by atoms with Gasteiger partial charge in [-0.05, 0) is 44.1 Å². The summed E-state index contributed by atoms with van der Waals surface area (Å²) in [4.78, 5) is 44.3. The number of carboxylic acids is 1. The van der Waals surface area contributed by atoms with E-state index in [0.717, 1.165) is 0 Å². The standard InChI is InChI=1S/C29H40N2O6/c1-7-15-30(28(5,6)17-27(2,3)4)25(34)23-29-14-13-20(37-29)21(26(35)36)22(29)24(33)31(23)19(16-32)18-11-9-8-10-12-18/h7-12,19-23,32H,1,13-17H2,2-6H3,(H,35,36)/t19-,20-,21+,22+,23?,29?/m1/s1. The number of carbonyl (C=O) groups excluding carboxylic acids is 2. The molecular weight excluding hydrogens is 472 g/mol. The number of hydrogen-bond donors (Lipinski definition) is 2. The zero-order valence-electron chi connectivity index (χ0n) is 22.5. The zero-order valence-corrected chi connectivity index (χ0v) is 22.5. The normalized spacial score (nSPS) is 29.8. The maximum atomic E-state index is 14.7. The molecule has 6 atom stereocenters. The van der Waals surface area contributed by atoms with E-state index in [0.29, 0.717) is 24.8 Å². The molecule has 2 bridgehead atoms. The van der Waals surface area contributed by atoms with Crippen molar-refractivity contribution in [3.05, 3.63) is 48.6 Å². The average Bonchev–Trinajstić information content (AvgIpc) is 3.44. The number of likely N-dealkylation sites (tertiary alicyclic amines) is 1. The van der Waals surface area contributed by atoms with Crippen LogP contribution in [0, 0.1) is 17.3 Å². The molecule has 1 aromatic carbocycles. The van der Waals surface area contributed by atoms with Gasteiger partial charge < -0.3 is 24.7 Å². The minimum atomic E-state index is -1.25. The van der Waals surface area contributed by atoms with Crippen LogP contribution in [0.3, 0.4) is 0 Å². The quantitative estimate of drug-likeness (QED) is 0.491. The topological polar surface area (TPSA) is 107 Å². The Kier molecular flexibility index (Phi) is 7.05. The molecule has 4 rings (SSSR count). The van der Waals surface area contributed by atoms with E-state index in [1.807, 2.05) is 32.0 Å². The van der Waals surface area contributed by atoms with Crippen LogP contribution in [0.1, 0.15) is 65.5 Å². The summed E-state index contributed by atoms with van der Waals surface area (Å²) in [6.45, 7) is 14.1. The largest absolute Gasteiger partial charge is 0.481 e. The maximum absolute atomic E-state index is 14.7. The molecule has 37 heavy (non-hydrogen) atoms. The highest BCUT2D eigenvalue weighted by Crippen LogP contribution is 2.60. The summed E-state index contributed by atoms with van der Waals surface area (Å²) in [5.74, 6) is -3.83. The predicted molar refractivity (Wildman–Crippen MR) is 138 cm³/mol. The summed E-state index contributed by atoms with van der Waals surface area (Å²) in [6, 6.07) is 7.21. The van der Waals surface area contributed by atoms with Crippen molar-refractivity contribution in [2.24, 2.45) is 17.3 Å². The summed E-state index contributed by atoms with van der Waals surface area (Å²) >= 11 is 0. The van der Waals surface area contributed by atoms with Gasteiger partial charge in [-0.25, -0.2) is 0 Å². The molecule has 8 nitrogen and oxygen atoms in total. The highest BCUT2D eigenvalue weighted by molar-refractivity contribution is 5.98. The van der Waals surface area contributed by atoms with Gasteiger partial charge in [0.2, 0.25) is 11.8 Å². The van der Waals surface area contributed by atoms with Gasteiger partial charge in [-0.3, -0.25) is 14.4 Å². The van der Waals surface area contributed by atoms with Crippen LogP contribution in [0.4, 0.5) is 0 Å². The number of ether oxygens (including phenoxy) is 1. The van der Waals surface area contributed by atoms with Crippen LogP contribution in [0.15, 0.2) is 43.0 Å². The van der Waals surface area contributed by atoms with Crippen molar-refractivity contribution in [3.63, 3.8) is 0 Å². The van der Waals surface area contributed by atoms with Gasteiger partial charge in [0.1, 0.15) is 11.6 Å². The number of amides is 2. The second-order valence-electron chi connectivity index (χ2n) is 12.5. The average molecular weight is 513 g/mol. The first kappa shape index (κ1) is 27.3. The van der Waals surface area contributed by atoms with E-state index in [1.54, 1.807) is 23.1 Å². The Morgan fingerprint density at radius 2 is 1.89 bits per heavy atom. The monoisotopic (exact) mass is 512 g/mol. The lowest BCUT2D eigenvalue weighted by Gasteiger charge is -2.46. The third-order valence-corrected chi connectivity index (χ3v) is 8.22. The Bertz CT molecular complexity index is 1060. The van der Waals surface area contributed by atoms with Crippen LogP contribution in [0.5, 0.6) is 0 Å². The molecule has 3 aliphatic heterocycles. The van der Waals surface area contributed by atoms with Crippen molar-refractivity contribution in [2.45, 2.75) is 83.2 Å². The molecule has 202 valence electrons. The Morgan fingerprint density at radius 3 is 2.43 bits per heavy atom. The SMILES string of the molecule is C=CCN(C(=O)C1N([C@H](CO)c2ccccc2)C(=O)[C@@H]2[C@@H](C(=O)O)[C@H]3CCC12O3)C(C)(C)CC(C)(C)C. The molecule has 8 heteroatoms. The van der Waals surface area contributed by atoms with Crippen LogP contribution in [-0.4, -0.2) is 74.2 Å². The second kappa shape index (κ2) is 9.55. The first-order valence-corrected chi connectivity index (χ1v) is 13.1. The second-order valence-corrected chi connectivity index (χ2v) is 12.5. The number of aliphatic hydroxyl groups excluding tert-OH is 1. The number of nitrogens with zero attached hydrogens (tertiary/aromatic N) is 2. The summed E-state index contributed by atoms with van der Waals surface area (Å²) < 4.78 is 6.37. The molecule has 2 amide bonds. The number of hydrogen-bond acceptors (Lipinski definition) is 5. The molecule has 2 N–H and O–H groups in total. The van der Waals surface area contributed by atoms with Crippen molar-refractivity contribution in [1.29, 1.82) is 0 Å². The van der Waals surface area contributed by atoms with E-state index in [9.17, 15) is 24.6 Å². The molecular formula is C29H40N2O6. The van der Waals surface area contributed by atoms with Crippen molar-refractivity contribution in [3.8, 4) is 0 Å². The first-order chi connectivity index (χ1) is 17.3. The zero-order chi connectivity index (χ0) is 27.3. The van der Waals surface area contributed by atoms with E-state index in [1.165, 1.54) is 4.90 Å². The van der Waals surface area contributed by atoms with Gasteiger partial charge in [0, 0.05) is 12.1 Å². The van der Waals surface area contributed by atoms with Gasteiger partial charge in [0.15, 0.2) is 0 Å². The Hall–Kier alpha value is -2.71. The number of benzene rings is 1. The summed E-state index contributed by atoms with van der Waals surface area (Å²) in [5, 5.41) is 20.6. The van der Waals surface area contributed by atoms with Gasteiger partial charge in [0.25, 0.3) is 0 Å². The minimum Gasteiger partial charge on any atom is -0.481 e. The molecule has 0 radical (unpaired) electrons. The predicted octanol–water partition coefficient (Wildman–Crippen LogP) is 3.41. The Labute approximate surface area is 219 Å². The number of aliphatic hydroxyl groups is 1. The van der Waals surface area contributed by atoms with Gasteiger partial charge in [0.05, 0.1) is 30.6 Å². The van der Waals surface area contributed by atoms with Gasteiger partial charge in [-0.1, -0.05) is 57.2 Å². The number of carboxylic acid groups (broad SMARTS) is 1. The van der Waals surface area contributed by atoms with Crippen molar-refractivity contribution >= 4 is 17.8 Å². The van der Waals surface area contributed by atoms with Crippen molar-refractivity contribution in [1.82, 2.24) is 9.80 Å². The maximum Gasteiger partial charge on any atom is 0.310 e. The Morgan fingerprint density at radius 1 is 1.24 bits per heavy atom. The lowest BCUT2D eigenvalue weighted by molar-refractivity contribution is -0.156. The number of rotatable bonds is 9. The van der Waals surface area contributed by atoms with Crippen LogP contribution >= 0.6 is 0 Å². The molecule has 0 saturated carbocycles. The molecule has 0 aliphatic carbocycles. The first-order valence-electron chi connectivity index (χ1n) is 13.1. The molecule has 3 fully saturated rings. The van der Waals surface area contributed by atoms with Crippen LogP contribution in [0.2, 0.25) is 0 Å². The molecule has 1 spiro atoms. The smallest absolute Gasteiger partial charge is 0.310 e. The van der Waals surface area contributed by atoms with Crippen LogP contribution in [-0.2, 0) is 19.1 Å². The lowest BCUT2D eigenvalue weighted by Crippen LogP contribution is -2.61. The Balaban J connectivity index is 1.86. The fraction of sp³-hybridized carbons (Fsp3) is 0.621. The fourth-order valence-corrected chi connectivity index (χ4v) is 7.32. The van der Waals surface area contributed by atoms with Crippen molar-refractivity contribution in [2.75, 3.05) is 13.2 Å². The molecule has 3 heterocycles. The summed E-state index contributed by atoms with van der Waals surface area (Å²) in [5.41, 5.74) is -1.24. The van der Waals surface area contributed by atoms with E-state index in [-0.39, 0.29) is 17.9 Å². The van der Waals surface area contributed by atoms with E-state index in [4.69, 9.17) is 4.74 Å². The third-order valence-electron chi connectivity index (χ3n) is 8.22.